The van der Waals surface area contributed by atoms with E-state index >= 15 is 0 Å². The predicted octanol–water partition coefficient (Wildman–Crippen LogP) is 2.88. The molecule has 2 heterocycles. The lowest BCUT2D eigenvalue weighted by Gasteiger charge is -2.41. The highest BCUT2D eigenvalue weighted by Gasteiger charge is 2.29. The van der Waals surface area contributed by atoms with Crippen LogP contribution in [0.25, 0.3) is 11.0 Å². The summed E-state index contributed by atoms with van der Waals surface area (Å²) in [5.74, 6) is 0.0295. The molecule has 0 N–H and O–H groups in total. The summed E-state index contributed by atoms with van der Waals surface area (Å²) in [5.41, 5.74) is 4.40. The fourth-order valence-electron chi connectivity index (χ4n) is 3.48. The molecule has 3 aromatic rings. The van der Waals surface area contributed by atoms with Crippen molar-refractivity contribution in [2.45, 2.75) is 19.9 Å². The van der Waals surface area contributed by atoms with Crippen molar-refractivity contribution < 1.29 is 9.42 Å². The fraction of sp³-hybridized carbons (Fsp3) is 0.316. The van der Waals surface area contributed by atoms with Gasteiger partial charge in [-0.05, 0) is 54.0 Å². The molecule has 25 heavy (non-hydrogen) atoms. The Kier molecular flexibility index (Phi) is 3.87. The number of nitrogens with zero attached hydrogens (tertiary/aromatic N) is 4. The number of benzene rings is 2. The number of hydrogen-bond donors (Lipinski definition) is 0. The van der Waals surface area contributed by atoms with Gasteiger partial charge in [0.2, 0.25) is 0 Å². The molecule has 6 heteroatoms. The molecule has 1 saturated heterocycles. The molecule has 0 unspecified atom stereocenters. The fourth-order valence-corrected chi connectivity index (χ4v) is 3.48. The van der Waals surface area contributed by atoms with Gasteiger partial charge in [-0.3, -0.25) is 4.79 Å². The normalized spacial score (nSPS) is 17.9. The monoisotopic (exact) mass is 336 g/mol. The molecule has 1 aromatic heterocycles. The largest absolute Gasteiger partial charge is 0.367 e. The summed E-state index contributed by atoms with van der Waals surface area (Å²) in [4.78, 5) is 17.2. The molecule has 0 saturated carbocycles. The van der Waals surface area contributed by atoms with E-state index in [1.807, 2.05) is 4.90 Å². The number of rotatable bonds is 2. The Labute approximate surface area is 146 Å². The van der Waals surface area contributed by atoms with Gasteiger partial charge in [-0.15, -0.1) is 0 Å². The predicted molar refractivity (Wildman–Crippen MR) is 95.7 cm³/mol. The Morgan fingerprint density at radius 1 is 1.12 bits per heavy atom. The molecule has 0 aliphatic carbocycles. The standard InChI is InChI=1S/C19H20N4O2/c1-13-5-3-4-6-18(13)22-9-10-23(14(2)12-22)19(24)15-7-8-16-17(11-15)21-25-20-16/h3-8,11,14H,9-10,12H2,1-2H3/t14-/m0/s1. The van der Waals surface area contributed by atoms with Crippen LogP contribution in [0.4, 0.5) is 5.69 Å². The van der Waals surface area contributed by atoms with Gasteiger partial charge in [0, 0.05) is 36.9 Å². The van der Waals surface area contributed by atoms with Gasteiger partial charge < -0.3 is 9.80 Å². The van der Waals surface area contributed by atoms with E-state index in [0.29, 0.717) is 23.1 Å². The molecule has 0 bridgehead atoms. The molecule has 1 fully saturated rings. The molecular weight excluding hydrogens is 316 g/mol. The van der Waals surface area contributed by atoms with E-state index in [0.717, 1.165) is 13.1 Å². The van der Waals surface area contributed by atoms with Gasteiger partial charge in [-0.1, -0.05) is 18.2 Å². The molecule has 2 aromatic carbocycles. The van der Waals surface area contributed by atoms with Crippen LogP contribution in [0.15, 0.2) is 47.1 Å². The van der Waals surface area contributed by atoms with Crippen molar-refractivity contribution in [1.29, 1.82) is 0 Å². The van der Waals surface area contributed by atoms with Crippen LogP contribution in [0.1, 0.15) is 22.8 Å². The van der Waals surface area contributed by atoms with Gasteiger partial charge >= 0.3 is 0 Å². The highest BCUT2D eigenvalue weighted by atomic mass is 16.6. The van der Waals surface area contributed by atoms with Gasteiger partial charge in [-0.2, -0.15) is 0 Å². The third kappa shape index (κ3) is 2.84. The maximum absolute atomic E-state index is 12.9. The molecule has 0 spiro atoms. The number of piperazine rings is 1. The van der Waals surface area contributed by atoms with Crippen LogP contribution < -0.4 is 4.90 Å². The Balaban J connectivity index is 1.52. The van der Waals surface area contributed by atoms with Crippen molar-refractivity contribution in [3.63, 3.8) is 0 Å². The first-order valence-electron chi connectivity index (χ1n) is 8.47. The lowest BCUT2D eigenvalue weighted by Crippen LogP contribution is -2.54. The van der Waals surface area contributed by atoms with E-state index in [9.17, 15) is 4.79 Å². The van der Waals surface area contributed by atoms with Gasteiger partial charge in [0.15, 0.2) is 0 Å². The average molecular weight is 336 g/mol. The maximum Gasteiger partial charge on any atom is 0.254 e. The van der Waals surface area contributed by atoms with Crippen LogP contribution in [0.3, 0.4) is 0 Å². The molecule has 1 aliphatic rings. The van der Waals surface area contributed by atoms with Crippen LogP contribution in [0, 0.1) is 6.92 Å². The van der Waals surface area contributed by atoms with Gasteiger partial charge in [0.1, 0.15) is 11.0 Å². The molecule has 6 nitrogen and oxygen atoms in total. The van der Waals surface area contributed by atoms with Gasteiger partial charge in [0.25, 0.3) is 5.91 Å². The minimum Gasteiger partial charge on any atom is -0.367 e. The minimum atomic E-state index is 0.0295. The summed E-state index contributed by atoms with van der Waals surface area (Å²) in [7, 11) is 0. The Hall–Kier alpha value is -2.89. The zero-order valence-corrected chi connectivity index (χ0v) is 14.3. The number of hydrogen-bond acceptors (Lipinski definition) is 5. The number of anilines is 1. The number of fused-ring (bicyclic) bond motifs is 1. The Morgan fingerprint density at radius 2 is 1.92 bits per heavy atom. The molecular formula is C19H20N4O2. The highest BCUT2D eigenvalue weighted by molar-refractivity contribution is 5.97. The van der Waals surface area contributed by atoms with E-state index in [1.165, 1.54) is 11.3 Å². The SMILES string of the molecule is Cc1ccccc1N1CCN(C(=O)c2ccc3nonc3c2)[C@@H](C)C1. The van der Waals surface area contributed by atoms with Crippen molar-refractivity contribution >= 4 is 22.6 Å². The Bertz CT molecular complexity index is 920. The van der Waals surface area contributed by atoms with Crippen LogP contribution >= 0.6 is 0 Å². The lowest BCUT2D eigenvalue weighted by atomic mass is 10.1. The van der Waals surface area contributed by atoms with Gasteiger partial charge in [-0.25, -0.2) is 4.63 Å². The minimum absolute atomic E-state index is 0.0295. The van der Waals surface area contributed by atoms with Crippen LogP contribution in [0.5, 0.6) is 0 Å². The summed E-state index contributed by atoms with van der Waals surface area (Å²) in [6, 6.07) is 13.8. The van der Waals surface area contributed by atoms with Crippen LogP contribution in [0.2, 0.25) is 0 Å². The van der Waals surface area contributed by atoms with Crippen molar-refractivity contribution in [3.8, 4) is 0 Å². The number of para-hydroxylation sites is 1. The number of amides is 1. The van der Waals surface area contributed by atoms with Crippen molar-refractivity contribution in [2.24, 2.45) is 0 Å². The summed E-state index contributed by atoms with van der Waals surface area (Å²) < 4.78 is 4.71. The van der Waals surface area contributed by atoms with Gasteiger partial charge in [0.05, 0.1) is 0 Å². The van der Waals surface area contributed by atoms with Crippen LogP contribution in [-0.4, -0.2) is 46.8 Å². The smallest absolute Gasteiger partial charge is 0.254 e. The molecule has 1 atom stereocenters. The van der Waals surface area contributed by atoms with E-state index in [1.54, 1.807) is 18.2 Å². The van der Waals surface area contributed by atoms with Crippen molar-refractivity contribution in [3.05, 3.63) is 53.6 Å². The van der Waals surface area contributed by atoms with Crippen molar-refractivity contribution in [1.82, 2.24) is 15.2 Å². The molecule has 1 aliphatic heterocycles. The van der Waals surface area contributed by atoms with E-state index in [-0.39, 0.29) is 11.9 Å². The van der Waals surface area contributed by atoms with Crippen LogP contribution in [-0.2, 0) is 0 Å². The summed E-state index contributed by atoms with van der Waals surface area (Å²) in [6.07, 6.45) is 0. The maximum atomic E-state index is 12.9. The summed E-state index contributed by atoms with van der Waals surface area (Å²) in [6.45, 7) is 6.57. The van der Waals surface area contributed by atoms with E-state index in [2.05, 4.69) is 53.3 Å². The highest BCUT2D eigenvalue weighted by Crippen LogP contribution is 2.24. The molecule has 1 amide bonds. The number of carbonyl (C=O) groups excluding carboxylic acids is 1. The van der Waals surface area contributed by atoms with E-state index in [4.69, 9.17) is 4.63 Å². The second-order valence-corrected chi connectivity index (χ2v) is 6.55. The number of aromatic nitrogens is 2. The second-order valence-electron chi connectivity index (χ2n) is 6.55. The number of aryl methyl sites for hydroxylation is 1. The molecule has 128 valence electrons. The third-order valence-corrected chi connectivity index (χ3v) is 4.85. The number of carbonyl (C=O) groups is 1. The quantitative estimate of drug-likeness (QED) is 0.720. The summed E-state index contributed by atoms with van der Waals surface area (Å²) >= 11 is 0. The topological polar surface area (TPSA) is 62.5 Å². The average Bonchev–Trinajstić information content (AvgIpc) is 3.09. The Morgan fingerprint density at radius 3 is 2.72 bits per heavy atom. The van der Waals surface area contributed by atoms with Crippen molar-refractivity contribution in [2.75, 3.05) is 24.5 Å². The first-order chi connectivity index (χ1) is 12.1. The first kappa shape index (κ1) is 15.6. The summed E-state index contributed by atoms with van der Waals surface area (Å²) in [5, 5.41) is 7.60. The van der Waals surface area contributed by atoms with E-state index < -0.39 is 0 Å². The first-order valence-corrected chi connectivity index (χ1v) is 8.47. The zero-order valence-electron chi connectivity index (χ0n) is 14.3. The second kappa shape index (κ2) is 6.20. The molecule has 4 rings (SSSR count). The third-order valence-electron chi connectivity index (χ3n) is 4.85. The zero-order chi connectivity index (χ0) is 17.4. The molecule has 0 radical (unpaired) electrons. The lowest BCUT2D eigenvalue weighted by molar-refractivity contribution is 0.0674.